The highest BCUT2D eigenvalue weighted by atomic mass is 16.5. The maximum Gasteiger partial charge on any atom is 0.162 e. The zero-order valence-electron chi connectivity index (χ0n) is 11.0. The third kappa shape index (κ3) is 3.84. The third-order valence-electron chi connectivity index (χ3n) is 2.82. The summed E-state index contributed by atoms with van der Waals surface area (Å²) in [7, 11) is 1.61. The van der Waals surface area contributed by atoms with Gasteiger partial charge in [0.2, 0.25) is 0 Å². The zero-order chi connectivity index (χ0) is 13.5. The predicted octanol–water partition coefficient (Wildman–Crippen LogP) is 2.01. The third-order valence-corrected chi connectivity index (χ3v) is 2.82. The largest absolute Gasteiger partial charge is 0.382 e. The molecule has 0 radical (unpaired) electrons. The van der Waals surface area contributed by atoms with Crippen LogP contribution in [0.2, 0.25) is 0 Å². The van der Waals surface area contributed by atoms with E-state index in [1.807, 2.05) is 30.3 Å². The van der Waals surface area contributed by atoms with Crippen molar-refractivity contribution in [2.24, 2.45) is 0 Å². The quantitative estimate of drug-likeness (QED) is 0.714. The molecule has 0 saturated heterocycles. The highest BCUT2D eigenvalue weighted by Gasteiger charge is 2.07. The summed E-state index contributed by atoms with van der Waals surface area (Å²) in [5, 5.41) is 1.02. The number of benzene rings is 1. The van der Waals surface area contributed by atoms with Crippen molar-refractivity contribution in [3.05, 3.63) is 42.1 Å². The summed E-state index contributed by atoms with van der Waals surface area (Å²) in [6, 6.07) is 9.70. The van der Waals surface area contributed by atoms with E-state index in [9.17, 15) is 4.79 Å². The number of nitrogens with zero attached hydrogens (tertiary/aromatic N) is 1. The lowest BCUT2D eigenvalue weighted by atomic mass is 10.0. The standard InChI is InChI=1S/C15H17NO3/c1-18-8-9-19-11-13(17)10-12-6-7-16-15-5-3-2-4-14(12)15/h2-7H,8-11H2,1H3. The Labute approximate surface area is 112 Å². The summed E-state index contributed by atoms with van der Waals surface area (Å²) >= 11 is 0. The fourth-order valence-corrected chi connectivity index (χ4v) is 1.90. The van der Waals surface area contributed by atoms with Crippen LogP contribution in [0.1, 0.15) is 5.56 Å². The number of carbonyl (C=O) groups is 1. The number of methoxy groups -OCH3 is 1. The van der Waals surface area contributed by atoms with Gasteiger partial charge in [0.05, 0.1) is 18.7 Å². The minimum Gasteiger partial charge on any atom is -0.382 e. The van der Waals surface area contributed by atoms with Crippen LogP contribution in [0.15, 0.2) is 36.5 Å². The fourth-order valence-electron chi connectivity index (χ4n) is 1.90. The van der Waals surface area contributed by atoms with E-state index in [1.54, 1.807) is 13.3 Å². The van der Waals surface area contributed by atoms with Crippen LogP contribution in [0.25, 0.3) is 10.9 Å². The molecule has 2 rings (SSSR count). The molecule has 4 nitrogen and oxygen atoms in total. The number of pyridine rings is 1. The maximum absolute atomic E-state index is 11.8. The van der Waals surface area contributed by atoms with Gasteiger partial charge in [-0.3, -0.25) is 9.78 Å². The van der Waals surface area contributed by atoms with Crippen molar-refractivity contribution in [1.82, 2.24) is 4.98 Å². The average molecular weight is 259 g/mol. The molecule has 100 valence electrons. The van der Waals surface area contributed by atoms with Gasteiger partial charge in [-0.25, -0.2) is 0 Å². The minimum absolute atomic E-state index is 0.0625. The maximum atomic E-state index is 11.8. The predicted molar refractivity (Wildman–Crippen MR) is 73.1 cm³/mol. The van der Waals surface area contributed by atoms with E-state index >= 15 is 0 Å². The lowest BCUT2D eigenvalue weighted by Crippen LogP contribution is -2.14. The van der Waals surface area contributed by atoms with Gasteiger partial charge < -0.3 is 9.47 Å². The van der Waals surface area contributed by atoms with E-state index in [1.165, 1.54) is 0 Å². The molecule has 0 unspecified atom stereocenters. The smallest absolute Gasteiger partial charge is 0.162 e. The molecule has 0 aliphatic carbocycles. The molecule has 0 aliphatic heterocycles. The van der Waals surface area contributed by atoms with Gasteiger partial charge in [0.25, 0.3) is 0 Å². The Kier molecular flexibility index (Phi) is 5.01. The second-order valence-electron chi connectivity index (χ2n) is 4.25. The molecule has 0 atom stereocenters. The number of Topliss-reactive ketones (excluding diaryl/α,β-unsaturated/α-hetero) is 1. The molecule has 1 aromatic carbocycles. The number of ether oxygens (including phenoxy) is 2. The van der Waals surface area contributed by atoms with Gasteiger partial charge in [-0.05, 0) is 17.7 Å². The first-order valence-corrected chi connectivity index (χ1v) is 6.22. The van der Waals surface area contributed by atoms with Crippen LogP contribution in [0.4, 0.5) is 0 Å². The lowest BCUT2D eigenvalue weighted by molar-refractivity contribution is -0.123. The number of hydrogen-bond acceptors (Lipinski definition) is 4. The Morgan fingerprint density at radius 2 is 2.05 bits per heavy atom. The van der Waals surface area contributed by atoms with Crippen molar-refractivity contribution in [2.75, 3.05) is 26.9 Å². The summed E-state index contributed by atoms with van der Waals surface area (Å²) in [4.78, 5) is 16.1. The molecular weight excluding hydrogens is 242 g/mol. The summed E-state index contributed by atoms with van der Waals surface area (Å²) in [5.41, 5.74) is 1.90. The molecule has 1 aromatic heterocycles. The SMILES string of the molecule is COCCOCC(=O)Cc1ccnc2ccccc12. The Morgan fingerprint density at radius 1 is 1.21 bits per heavy atom. The van der Waals surface area contributed by atoms with E-state index in [4.69, 9.17) is 9.47 Å². The van der Waals surface area contributed by atoms with Gasteiger partial charge in [-0.15, -0.1) is 0 Å². The van der Waals surface area contributed by atoms with Crippen LogP contribution in [0.3, 0.4) is 0 Å². The molecule has 2 aromatic rings. The summed E-state index contributed by atoms with van der Waals surface area (Å²) in [6.45, 7) is 1.07. The fraction of sp³-hybridized carbons (Fsp3) is 0.333. The van der Waals surface area contributed by atoms with E-state index in [-0.39, 0.29) is 12.4 Å². The number of hydrogen-bond donors (Lipinski definition) is 0. The van der Waals surface area contributed by atoms with Gasteiger partial charge in [0.1, 0.15) is 6.61 Å². The van der Waals surface area contributed by atoms with Gasteiger partial charge >= 0.3 is 0 Å². The molecule has 4 heteroatoms. The first-order valence-electron chi connectivity index (χ1n) is 6.22. The monoisotopic (exact) mass is 259 g/mol. The number of aromatic nitrogens is 1. The normalized spacial score (nSPS) is 10.8. The average Bonchev–Trinajstić information content (AvgIpc) is 2.44. The van der Waals surface area contributed by atoms with Crippen LogP contribution < -0.4 is 0 Å². The highest BCUT2D eigenvalue weighted by Crippen LogP contribution is 2.16. The minimum atomic E-state index is 0.0625. The van der Waals surface area contributed by atoms with Crippen LogP contribution in [-0.4, -0.2) is 37.7 Å². The van der Waals surface area contributed by atoms with Crippen molar-refractivity contribution < 1.29 is 14.3 Å². The van der Waals surface area contributed by atoms with E-state index in [2.05, 4.69) is 4.98 Å². The van der Waals surface area contributed by atoms with Crippen molar-refractivity contribution in [1.29, 1.82) is 0 Å². The Balaban J connectivity index is 1.99. The van der Waals surface area contributed by atoms with Gasteiger partial charge in [-0.1, -0.05) is 18.2 Å². The molecule has 0 spiro atoms. The van der Waals surface area contributed by atoms with Crippen LogP contribution >= 0.6 is 0 Å². The molecule has 0 N–H and O–H groups in total. The van der Waals surface area contributed by atoms with Crippen molar-refractivity contribution in [2.45, 2.75) is 6.42 Å². The number of rotatable bonds is 7. The van der Waals surface area contributed by atoms with E-state index < -0.39 is 0 Å². The van der Waals surface area contributed by atoms with Crippen LogP contribution in [-0.2, 0) is 20.7 Å². The number of fused-ring (bicyclic) bond motifs is 1. The number of ketones is 1. The summed E-state index contributed by atoms with van der Waals surface area (Å²) in [5.74, 6) is 0.0625. The first kappa shape index (κ1) is 13.6. The van der Waals surface area contributed by atoms with Crippen LogP contribution in [0.5, 0.6) is 0 Å². The van der Waals surface area contributed by atoms with Gasteiger partial charge in [0.15, 0.2) is 5.78 Å². The molecule has 19 heavy (non-hydrogen) atoms. The second-order valence-corrected chi connectivity index (χ2v) is 4.25. The van der Waals surface area contributed by atoms with E-state index in [0.29, 0.717) is 19.6 Å². The zero-order valence-corrected chi connectivity index (χ0v) is 11.0. The number of para-hydroxylation sites is 1. The number of carbonyl (C=O) groups excluding carboxylic acids is 1. The van der Waals surface area contributed by atoms with Gasteiger partial charge in [0, 0.05) is 25.1 Å². The van der Waals surface area contributed by atoms with E-state index in [0.717, 1.165) is 16.5 Å². The molecule has 0 aliphatic rings. The molecule has 0 bridgehead atoms. The van der Waals surface area contributed by atoms with Gasteiger partial charge in [-0.2, -0.15) is 0 Å². The lowest BCUT2D eigenvalue weighted by Gasteiger charge is -2.06. The Bertz CT molecular complexity index is 549. The second kappa shape index (κ2) is 6.97. The molecule has 1 heterocycles. The molecule has 0 amide bonds. The van der Waals surface area contributed by atoms with Crippen LogP contribution in [0, 0.1) is 0 Å². The highest BCUT2D eigenvalue weighted by molar-refractivity contribution is 5.89. The Hall–Kier alpha value is -1.78. The van der Waals surface area contributed by atoms with Crippen molar-refractivity contribution >= 4 is 16.7 Å². The van der Waals surface area contributed by atoms with Crippen molar-refractivity contribution in [3.63, 3.8) is 0 Å². The summed E-state index contributed by atoms with van der Waals surface area (Å²) in [6.07, 6.45) is 2.10. The molecule has 0 fully saturated rings. The molecule has 0 saturated carbocycles. The molecular formula is C15H17NO3. The van der Waals surface area contributed by atoms with Crippen molar-refractivity contribution in [3.8, 4) is 0 Å². The Morgan fingerprint density at radius 3 is 2.89 bits per heavy atom. The summed E-state index contributed by atoms with van der Waals surface area (Å²) < 4.78 is 10.1. The topological polar surface area (TPSA) is 48.4 Å². The first-order chi connectivity index (χ1) is 9.31.